The number of allylic oxidation sites excluding steroid dienone is 8. The molecule has 0 aliphatic heterocycles. The van der Waals surface area contributed by atoms with E-state index in [0.717, 1.165) is 58.3 Å². The first-order valence-electron chi connectivity index (χ1n) is 21.9. The van der Waals surface area contributed by atoms with Crippen LogP contribution in [0.25, 0.3) is 55.0 Å². The van der Waals surface area contributed by atoms with Crippen molar-refractivity contribution in [3.05, 3.63) is 222 Å². The van der Waals surface area contributed by atoms with E-state index in [9.17, 15) is 0 Å². The number of hydrogen-bond donors (Lipinski definition) is 0. The lowest BCUT2D eigenvalue weighted by atomic mass is 9.65. The van der Waals surface area contributed by atoms with Gasteiger partial charge in [-0.05, 0) is 119 Å². The number of hydrogen-bond acceptors (Lipinski definition) is 2. The number of rotatable bonds is 6. The molecule has 0 N–H and O–H groups in total. The van der Waals surface area contributed by atoms with Crippen LogP contribution in [-0.2, 0) is 5.41 Å². The molecule has 0 saturated carbocycles. The molecule has 2 heterocycles. The van der Waals surface area contributed by atoms with Gasteiger partial charge < -0.3 is 13.9 Å². The molecule has 0 fully saturated rings. The first-order valence-corrected chi connectivity index (χ1v) is 21.9. The molecule has 0 saturated heterocycles. The number of fused-ring (bicyclic) bond motifs is 8. The fourth-order valence-corrected chi connectivity index (χ4v) is 10.9. The highest BCUT2D eigenvalue weighted by atomic mass is 16.3. The Morgan fingerprint density at radius 2 is 1.21 bits per heavy atom. The minimum Gasteiger partial charge on any atom is -0.456 e. The molecule has 0 radical (unpaired) electrons. The summed E-state index contributed by atoms with van der Waals surface area (Å²) in [6.07, 6.45) is 14.8. The van der Waals surface area contributed by atoms with Crippen molar-refractivity contribution in [1.29, 1.82) is 0 Å². The van der Waals surface area contributed by atoms with Crippen LogP contribution in [-0.4, -0.2) is 4.57 Å². The minimum atomic E-state index is -0.458. The Morgan fingerprint density at radius 1 is 0.574 bits per heavy atom. The van der Waals surface area contributed by atoms with Crippen LogP contribution in [0.5, 0.6) is 0 Å². The molecule has 0 amide bonds. The van der Waals surface area contributed by atoms with Crippen LogP contribution in [0.1, 0.15) is 55.4 Å². The zero-order chi connectivity index (χ0) is 40.7. The molecule has 0 bridgehead atoms. The Labute approximate surface area is 356 Å². The monoisotopic (exact) mass is 786 g/mol. The van der Waals surface area contributed by atoms with E-state index in [-0.39, 0.29) is 0 Å². The van der Waals surface area contributed by atoms with Gasteiger partial charge in [-0.1, -0.05) is 147 Å². The predicted molar refractivity (Wildman–Crippen MR) is 256 cm³/mol. The van der Waals surface area contributed by atoms with Crippen LogP contribution in [0, 0.1) is 11.8 Å². The fourth-order valence-electron chi connectivity index (χ4n) is 10.9. The van der Waals surface area contributed by atoms with Crippen LogP contribution in [0.15, 0.2) is 204 Å². The SMILES string of the molecule is CC1C=CC2=C(CC1)C(c1ccccc1)(c1ccccc1)c1cc(N(c3ccc4c(c3)oc3ccccc34)c3ccc4c5ccccc5n(C5=CC=CC(C)C5)c4c3)ccc12. The molecular formula is C58H46N2O. The average Bonchev–Trinajstić information content (AvgIpc) is 3.88. The lowest BCUT2D eigenvalue weighted by Gasteiger charge is -2.37. The molecule has 2 atom stereocenters. The fraction of sp³-hybridized carbons (Fsp3) is 0.138. The van der Waals surface area contributed by atoms with E-state index < -0.39 is 5.41 Å². The summed E-state index contributed by atoms with van der Waals surface area (Å²) < 4.78 is 9.08. The van der Waals surface area contributed by atoms with Crippen LogP contribution >= 0.6 is 0 Å². The molecule has 7 aromatic carbocycles. The van der Waals surface area contributed by atoms with Crippen molar-refractivity contribution in [3.8, 4) is 0 Å². The Kier molecular flexibility index (Phi) is 8.22. The lowest BCUT2D eigenvalue weighted by Crippen LogP contribution is -2.30. The Balaban J connectivity index is 1.14. The molecule has 2 unspecified atom stereocenters. The summed E-state index contributed by atoms with van der Waals surface area (Å²) in [4.78, 5) is 2.45. The van der Waals surface area contributed by atoms with Crippen LogP contribution < -0.4 is 4.90 Å². The van der Waals surface area contributed by atoms with Gasteiger partial charge in [-0.25, -0.2) is 0 Å². The predicted octanol–water partition coefficient (Wildman–Crippen LogP) is 15.7. The van der Waals surface area contributed by atoms with Gasteiger partial charge in [0.1, 0.15) is 11.2 Å². The number of aromatic nitrogens is 1. The molecular weight excluding hydrogens is 741 g/mol. The van der Waals surface area contributed by atoms with Crippen molar-refractivity contribution in [3.63, 3.8) is 0 Å². The highest BCUT2D eigenvalue weighted by Gasteiger charge is 2.47. The number of benzene rings is 7. The van der Waals surface area contributed by atoms with Crippen LogP contribution in [0.2, 0.25) is 0 Å². The normalized spacial score (nSPS) is 18.2. The van der Waals surface area contributed by atoms with Crippen molar-refractivity contribution in [2.24, 2.45) is 11.8 Å². The van der Waals surface area contributed by atoms with Crippen molar-refractivity contribution in [2.75, 3.05) is 4.90 Å². The maximum atomic E-state index is 6.58. The van der Waals surface area contributed by atoms with Crippen molar-refractivity contribution in [1.82, 2.24) is 4.57 Å². The smallest absolute Gasteiger partial charge is 0.137 e. The van der Waals surface area contributed by atoms with Gasteiger partial charge >= 0.3 is 0 Å². The number of furan rings is 1. The molecule has 0 spiro atoms. The van der Waals surface area contributed by atoms with Gasteiger partial charge in [0, 0.05) is 50.4 Å². The number of para-hydroxylation sites is 2. The summed E-state index contributed by atoms with van der Waals surface area (Å²) in [6, 6.07) is 60.7. The van der Waals surface area contributed by atoms with Crippen molar-refractivity contribution < 1.29 is 4.42 Å². The standard InChI is InChI=1S/C58H46N2O/c1-38-24-29-46-47-30-26-43(35-53(47)58(52(46)33-25-38,40-15-5-3-6-16-40)41-17-7-4-8-18-41)59(45-28-32-51-50-21-10-12-23-56(50)61-57(51)37-45)44-27-31-49-48-20-9-11-22-54(48)60(55(49)36-44)42-19-13-14-39(2)34-42/h3-24,26-32,35-39H,25,33-34H2,1-2H3. The van der Waals surface area contributed by atoms with E-state index in [4.69, 9.17) is 4.42 Å². The molecule has 294 valence electrons. The Bertz CT molecular complexity index is 3280. The maximum absolute atomic E-state index is 6.58. The van der Waals surface area contributed by atoms with Gasteiger partial charge in [-0.3, -0.25) is 0 Å². The number of nitrogens with zero attached hydrogens (tertiary/aromatic N) is 2. The van der Waals surface area contributed by atoms with Gasteiger partial charge in [0.25, 0.3) is 0 Å². The topological polar surface area (TPSA) is 21.3 Å². The highest BCUT2D eigenvalue weighted by molar-refractivity contribution is 6.11. The third-order valence-electron chi connectivity index (χ3n) is 13.7. The van der Waals surface area contributed by atoms with E-state index in [1.54, 1.807) is 0 Å². The summed E-state index contributed by atoms with van der Waals surface area (Å²) in [7, 11) is 0. The molecule has 3 aliphatic rings. The molecule has 12 rings (SSSR count). The zero-order valence-electron chi connectivity index (χ0n) is 34.6. The summed E-state index contributed by atoms with van der Waals surface area (Å²) >= 11 is 0. The second-order valence-corrected chi connectivity index (χ2v) is 17.4. The average molecular weight is 787 g/mol. The molecule has 3 aliphatic carbocycles. The first kappa shape index (κ1) is 35.8. The second-order valence-electron chi connectivity index (χ2n) is 17.4. The Morgan fingerprint density at radius 3 is 2.00 bits per heavy atom. The van der Waals surface area contributed by atoms with E-state index in [1.807, 2.05) is 6.07 Å². The maximum Gasteiger partial charge on any atom is 0.137 e. The minimum absolute atomic E-state index is 0.458. The molecule has 61 heavy (non-hydrogen) atoms. The van der Waals surface area contributed by atoms with Gasteiger partial charge in [0.2, 0.25) is 0 Å². The Hall–Kier alpha value is -7.10. The van der Waals surface area contributed by atoms with E-state index in [1.165, 1.54) is 60.9 Å². The van der Waals surface area contributed by atoms with E-state index in [2.05, 4.69) is 211 Å². The van der Waals surface area contributed by atoms with Gasteiger partial charge in [-0.2, -0.15) is 0 Å². The number of anilines is 3. The second kappa shape index (κ2) is 14.0. The van der Waals surface area contributed by atoms with E-state index >= 15 is 0 Å². The van der Waals surface area contributed by atoms with Gasteiger partial charge in [-0.15, -0.1) is 0 Å². The zero-order valence-corrected chi connectivity index (χ0v) is 34.6. The van der Waals surface area contributed by atoms with Gasteiger partial charge in [0.15, 0.2) is 0 Å². The van der Waals surface area contributed by atoms with Crippen LogP contribution in [0.3, 0.4) is 0 Å². The highest BCUT2D eigenvalue weighted by Crippen LogP contribution is 2.58. The third-order valence-corrected chi connectivity index (χ3v) is 13.7. The lowest BCUT2D eigenvalue weighted by molar-refractivity contribution is 0.606. The van der Waals surface area contributed by atoms with Crippen LogP contribution in [0.4, 0.5) is 17.1 Å². The first-order chi connectivity index (χ1) is 30.1. The molecule has 3 heteroatoms. The summed E-state index contributed by atoms with van der Waals surface area (Å²) in [5, 5.41) is 4.78. The molecule has 2 aromatic heterocycles. The largest absolute Gasteiger partial charge is 0.456 e. The van der Waals surface area contributed by atoms with Crippen molar-refractivity contribution >= 4 is 72.1 Å². The third kappa shape index (κ3) is 5.50. The molecule has 3 nitrogen and oxygen atoms in total. The summed E-state index contributed by atoms with van der Waals surface area (Å²) in [5.41, 5.74) is 16.4. The quantitative estimate of drug-likeness (QED) is 0.167. The van der Waals surface area contributed by atoms with Gasteiger partial charge in [0.05, 0.1) is 16.4 Å². The summed E-state index contributed by atoms with van der Waals surface area (Å²) in [6.45, 7) is 4.66. The summed E-state index contributed by atoms with van der Waals surface area (Å²) in [5.74, 6) is 0.976. The molecule has 9 aromatic rings. The van der Waals surface area contributed by atoms with Crippen molar-refractivity contribution in [2.45, 2.75) is 38.5 Å². The van der Waals surface area contributed by atoms with E-state index in [0.29, 0.717) is 11.8 Å².